The van der Waals surface area contributed by atoms with Gasteiger partial charge in [0.1, 0.15) is 0 Å². The second-order valence-corrected chi connectivity index (χ2v) is 10.0. The Morgan fingerprint density at radius 1 is 1.26 bits per heavy atom. The van der Waals surface area contributed by atoms with Crippen molar-refractivity contribution in [3.05, 3.63) is 41.1 Å². The van der Waals surface area contributed by atoms with Crippen LogP contribution in [0.5, 0.6) is 0 Å². The summed E-state index contributed by atoms with van der Waals surface area (Å²) in [6.45, 7) is 8.72. The number of aromatic nitrogens is 2. The number of carbonyl (C=O) groups excluding carboxylic acids is 1. The van der Waals surface area contributed by atoms with Gasteiger partial charge in [0.25, 0.3) is 5.91 Å². The van der Waals surface area contributed by atoms with Crippen LogP contribution in [0.2, 0.25) is 0 Å². The van der Waals surface area contributed by atoms with Crippen molar-refractivity contribution in [1.82, 2.24) is 15.1 Å². The summed E-state index contributed by atoms with van der Waals surface area (Å²) in [5.74, 6) is 0.349. The predicted octanol–water partition coefficient (Wildman–Crippen LogP) is 2.91. The number of amides is 1. The summed E-state index contributed by atoms with van der Waals surface area (Å²) in [7, 11) is -3.05. The van der Waals surface area contributed by atoms with Crippen LogP contribution in [0, 0.1) is 19.8 Å². The molecule has 2 aromatic rings. The first-order valence-electron chi connectivity index (χ1n) is 9.32. The molecular weight excluding hydrogens is 362 g/mol. The van der Waals surface area contributed by atoms with Crippen LogP contribution < -0.4 is 5.32 Å². The smallest absolute Gasteiger partial charge is 0.271 e. The van der Waals surface area contributed by atoms with Gasteiger partial charge in [0.15, 0.2) is 15.5 Å². The maximum Gasteiger partial charge on any atom is 0.271 e. The van der Waals surface area contributed by atoms with E-state index >= 15 is 0 Å². The average Bonchev–Trinajstić information content (AvgIpc) is 3.18. The van der Waals surface area contributed by atoms with Crippen LogP contribution in [-0.4, -0.2) is 42.2 Å². The molecular formula is C20H27N3O3S. The summed E-state index contributed by atoms with van der Waals surface area (Å²) in [6, 6.07) is 7.62. The quantitative estimate of drug-likeness (QED) is 0.852. The number of carbonyl (C=O) groups is 1. The Labute approximate surface area is 160 Å². The van der Waals surface area contributed by atoms with Gasteiger partial charge in [-0.3, -0.25) is 9.48 Å². The van der Waals surface area contributed by atoms with Crippen molar-refractivity contribution in [3.8, 4) is 11.3 Å². The average molecular weight is 390 g/mol. The summed E-state index contributed by atoms with van der Waals surface area (Å²) in [5.41, 5.74) is 4.38. The lowest BCUT2D eigenvalue weighted by molar-refractivity contribution is 0.0943. The van der Waals surface area contributed by atoms with Gasteiger partial charge in [0.2, 0.25) is 0 Å². The minimum absolute atomic E-state index is 0.0690. The van der Waals surface area contributed by atoms with Gasteiger partial charge in [-0.1, -0.05) is 26.0 Å². The van der Waals surface area contributed by atoms with Crippen molar-refractivity contribution in [2.45, 2.75) is 40.2 Å². The second-order valence-electron chi connectivity index (χ2n) is 7.82. The Balaban J connectivity index is 2.01. The van der Waals surface area contributed by atoms with E-state index in [-0.39, 0.29) is 23.5 Å². The van der Waals surface area contributed by atoms with Crippen molar-refractivity contribution < 1.29 is 13.2 Å². The van der Waals surface area contributed by atoms with E-state index in [4.69, 9.17) is 0 Å². The summed E-state index contributed by atoms with van der Waals surface area (Å²) >= 11 is 0. The molecule has 1 aromatic heterocycles. The molecule has 0 aliphatic carbocycles. The van der Waals surface area contributed by atoms with Crippen LogP contribution in [0.1, 0.15) is 47.9 Å². The molecule has 3 rings (SSSR count). The molecule has 0 unspecified atom stereocenters. The lowest BCUT2D eigenvalue weighted by Gasteiger charge is -2.14. The van der Waals surface area contributed by atoms with Crippen LogP contribution in [0.25, 0.3) is 11.3 Å². The van der Waals surface area contributed by atoms with Crippen molar-refractivity contribution >= 4 is 15.7 Å². The molecule has 146 valence electrons. The van der Waals surface area contributed by atoms with E-state index < -0.39 is 9.84 Å². The molecule has 1 aliphatic rings. The Morgan fingerprint density at radius 3 is 2.59 bits per heavy atom. The Bertz CT molecular complexity index is 961. The fourth-order valence-electron chi connectivity index (χ4n) is 3.26. The number of sulfone groups is 1. The molecule has 6 nitrogen and oxygen atoms in total. The fraction of sp³-hybridized carbons (Fsp3) is 0.500. The van der Waals surface area contributed by atoms with Crippen LogP contribution >= 0.6 is 0 Å². The Kier molecular flexibility index (Phi) is 5.42. The first-order chi connectivity index (χ1) is 12.7. The minimum Gasteiger partial charge on any atom is -0.350 e. The molecule has 1 N–H and O–H groups in total. The Hall–Kier alpha value is -2.15. The molecule has 2 heterocycles. The van der Waals surface area contributed by atoms with Gasteiger partial charge in [0.05, 0.1) is 23.2 Å². The van der Waals surface area contributed by atoms with Crippen LogP contribution in [-0.2, 0) is 9.84 Å². The van der Waals surface area contributed by atoms with Gasteiger partial charge in [-0.15, -0.1) is 0 Å². The van der Waals surface area contributed by atoms with E-state index in [1.54, 1.807) is 10.7 Å². The van der Waals surface area contributed by atoms with E-state index in [2.05, 4.69) is 16.5 Å². The first-order valence-corrected chi connectivity index (χ1v) is 11.1. The van der Waals surface area contributed by atoms with Crippen molar-refractivity contribution in [3.63, 3.8) is 0 Å². The summed E-state index contributed by atoms with van der Waals surface area (Å²) < 4.78 is 25.7. The summed E-state index contributed by atoms with van der Waals surface area (Å²) in [5, 5.41) is 7.39. The Morgan fingerprint density at radius 2 is 2.00 bits per heavy atom. The number of rotatable bonds is 5. The molecule has 1 atom stereocenters. The number of nitrogens with one attached hydrogen (secondary N) is 1. The van der Waals surface area contributed by atoms with Gasteiger partial charge in [0, 0.05) is 12.1 Å². The number of hydrogen-bond donors (Lipinski definition) is 1. The molecule has 7 heteroatoms. The highest BCUT2D eigenvalue weighted by atomic mass is 32.2. The molecule has 1 fully saturated rings. The third kappa shape index (κ3) is 4.40. The van der Waals surface area contributed by atoms with E-state index in [9.17, 15) is 13.2 Å². The van der Waals surface area contributed by atoms with Crippen LogP contribution in [0.3, 0.4) is 0 Å². The number of nitrogens with zero attached hydrogens (tertiary/aromatic N) is 2. The summed E-state index contributed by atoms with van der Waals surface area (Å²) in [6.07, 6.45) is 0.523. The molecule has 1 aromatic carbocycles. The maximum absolute atomic E-state index is 12.5. The number of hydrogen-bond acceptors (Lipinski definition) is 4. The van der Waals surface area contributed by atoms with Crippen molar-refractivity contribution in [1.29, 1.82) is 0 Å². The highest BCUT2D eigenvalue weighted by Gasteiger charge is 2.32. The molecule has 0 saturated carbocycles. The first kappa shape index (κ1) is 19.6. The molecule has 1 aliphatic heterocycles. The zero-order valence-corrected chi connectivity index (χ0v) is 17.1. The second kappa shape index (κ2) is 7.46. The predicted molar refractivity (Wildman–Crippen MR) is 107 cm³/mol. The van der Waals surface area contributed by atoms with Crippen LogP contribution in [0.4, 0.5) is 0 Å². The van der Waals surface area contributed by atoms with E-state index in [0.29, 0.717) is 24.6 Å². The topological polar surface area (TPSA) is 81.1 Å². The zero-order valence-electron chi connectivity index (χ0n) is 16.3. The molecule has 0 radical (unpaired) electrons. The monoisotopic (exact) mass is 389 g/mol. The highest BCUT2D eigenvalue weighted by molar-refractivity contribution is 7.91. The van der Waals surface area contributed by atoms with Crippen molar-refractivity contribution in [2.75, 3.05) is 18.1 Å². The summed E-state index contributed by atoms with van der Waals surface area (Å²) in [4.78, 5) is 12.5. The van der Waals surface area contributed by atoms with Crippen LogP contribution in [0.15, 0.2) is 24.3 Å². The van der Waals surface area contributed by atoms with E-state index in [1.165, 1.54) is 5.56 Å². The lowest BCUT2D eigenvalue weighted by Crippen LogP contribution is -2.28. The number of benzene rings is 1. The van der Waals surface area contributed by atoms with E-state index in [0.717, 1.165) is 16.8 Å². The fourth-order valence-corrected chi connectivity index (χ4v) is 4.95. The van der Waals surface area contributed by atoms with Gasteiger partial charge < -0.3 is 5.32 Å². The van der Waals surface area contributed by atoms with Gasteiger partial charge in [-0.2, -0.15) is 5.10 Å². The van der Waals surface area contributed by atoms with Crippen molar-refractivity contribution in [2.24, 2.45) is 5.92 Å². The largest absolute Gasteiger partial charge is 0.350 e. The molecule has 0 bridgehead atoms. The lowest BCUT2D eigenvalue weighted by atomic mass is 10.0. The molecule has 0 spiro atoms. The van der Waals surface area contributed by atoms with Gasteiger partial charge >= 0.3 is 0 Å². The standard InChI is InChI=1S/C20H27N3O3S/c1-13(2)11-21-20(24)18-10-19(16-6-5-14(3)15(4)9-16)23(22-18)17-7-8-27(25,26)12-17/h5-6,9-10,13,17H,7-8,11-12H2,1-4H3,(H,21,24)/t17-/m0/s1. The number of aryl methyl sites for hydroxylation is 2. The molecule has 1 saturated heterocycles. The van der Waals surface area contributed by atoms with Gasteiger partial charge in [-0.25, -0.2) is 8.42 Å². The molecule has 27 heavy (non-hydrogen) atoms. The SMILES string of the molecule is Cc1ccc(-c2cc(C(=O)NCC(C)C)nn2[C@H]2CCS(=O)(=O)C2)cc1C. The minimum atomic E-state index is -3.05. The van der Waals surface area contributed by atoms with E-state index in [1.807, 2.05) is 39.8 Å². The molecule has 1 amide bonds. The maximum atomic E-state index is 12.5. The third-order valence-electron chi connectivity index (χ3n) is 5.00. The van der Waals surface area contributed by atoms with Gasteiger partial charge in [-0.05, 0) is 49.4 Å². The normalized spacial score (nSPS) is 18.8. The third-order valence-corrected chi connectivity index (χ3v) is 6.75. The zero-order chi connectivity index (χ0) is 19.8. The highest BCUT2D eigenvalue weighted by Crippen LogP contribution is 2.31.